The van der Waals surface area contributed by atoms with Crippen molar-refractivity contribution in [2.24, 2.45) is 0 Å². The summed E-state index contributed by atoms with van der Waals surface area (Å²) in [4.78, 5) is 23.5. The summed E-state index contributed by atoms with van der Waals surface area (Å²) in [6.07, 6.45) is 3.09. The molecule has 0 aliphatic heterocycles. The number of imidazole rings is 1. The number of amides is 1. The monoisotopic (exact) mass is 369 g/mol. The van der Waals surface area contributed by atoms with Crippen LogP contribution in [0.3, 0.4) is 0 Å². The number of aromatic amines is 1. The van der Waals surface area contributed by atoms with E-state index < -0.39 is 10.0 Å². The largest absolute Gasteiger partial charge is 0.359 e. The van der Waals surface area contributed by atoms with Crippen molar-refractivity contribution in [2.75, 3.05) is 7.05 Å². The second kappa shape index (κ2) is 5.95. The number of hydrogen-bond acceptors (Lipinski definition) is 5. The van der Waals surface area contributed by atoms with Crippen LogP contribution in [0.25, 0.3) is 22.1 Å². The number of benzene rings is 1. The van der Waals surface area contributed by atoms with Crippen molar-refractivity contribution in [1.29, 1.82) is 0 Å². The van der Waals surface area contributed by atoms with E-state index in [1.807, 2.05) is 0 Å². The SMILES string of the molecule is CNC(=O)Cc1nc2c(cnc3c2ccn3S(=O)(=O)c2ccccc2)[nH]1. The lowest BCUT2D eigenvalue weighted by atomic mass is 10.3. The summed E-state index contributed by atoms with van der Waals surface area (Å²) in [6.45, 7) is 0. The lowest BCUT2D eigenvalue weighted by molar-refractivity contribution is -0.120. The van der Waals surface area contributed by atoms with Crippen molar-refractivity contribution in [2.45, 2.75) is 11.3 Å². The molecule has 9 heteroatoms. The van der Waals surface area contributed by atoms with Crippen molar-refractivity contribution >= 4 is 38.0 Å². The molecule has 8 nitrogen and oxygen atoms in total. The smallest absolute Gasteiger partial charge is 0.269 e. The summed E-state index contributed by atoms with van der Waals surface area (Å²) in [5, 5.41) is 3.14. The second-order valence-corrected chi connectivity index (χ2v) is 7.54. The Bertz CT molecular complexity index is 1230. The topological polar surface area (TPSA) is 110 Å². The van der Waals surface area contributed by atoms with Gasteiger partial charge in [0.1, 0.15) is 11.3 Å². The van der Waals surface area contributed by atoms with E-state index in [4.69, 9.17) is 0 Å². The zero-order valence-electron chi connectivity index (χ0n) is 13.8. The predicted octanol–water partition coefficient (Wildman–Crippen LogP) is 1.44. The molecule has 132 valence electrons. The first-order valence-electron chi connectivity index (χ1n) is 7.86. The van der Waals surface area contributed by atoms with E-state index in [1.165, 1.54) is 24.5 Å². The van der Waals surface area contributed by atoms with Gasteiger partial charge in [0.15, 0.2) is 5.65 Å². The molecule has 1 aromatic carbocycles. The minimum atomic E-state index is -3.75. The van der Waals surface area contributed by atoms with Gasteiger partial charge in [-0.2, -0.15) is 0 Å². The summed E-state index contributed by atoms with van der Waals surface area (Å²) >= 11 is 0. The maximum atomic E-state index is 12.9. The van der Waals surface area contributed by atoms with Crippen LogP contribution in [0.2, 0.25) is 0 Å². The third kappa shape index (κ3) is 2.53. The molecule has 4 aromatic rings. The van der Waals surface area contributed by atoms with Crippen LogP contribution in [0.15, 0.2) is 53.7 Å². The maximum absolute atomic E-state index is 12.9. The molecular weight excluding hydrogens is 354 g/mol. The Morgan fingerprint density at radius 2 is 2.00 bits per heavy atom. The van der Waals surface area contributed by atoms with E-state index in [0.29, 0.717) is 27.9 Å². The average Bonchev–Trinajstić information content (AvgIpc) is 3.25. The zero-order chi connectivity index (χ0) is 18.3. The summed E-state index contributed by atoms with van der Waals surface area (Å²) in [7, 11) is -2.20. The Kier molecular flexibility index (Phi) is 3.73. The molecule has 4 rings (SSSR count). The van der Waals surface area contributed by atoms with Crippen LogP contribution >= 0.6 is 0 Å². The van der Waals surface area contributed by atoms with Crippen molar-refractivity contribution in [3.05, 3.63) is 54.6 Å². The number of carbonyl (C=O) groups excluding carboxylic acids is 1. The third-order valence-electron chi connectivity index (χ3n) is 4.09. The number of carbonyl (C=O) groups is 1. The van der Waals surface area contributed by atoms with Crippen LogP contribution in [0.1, 0.15) is 5.82 Å². The Morgan fingerprint density at radius 1 is 1.23 bits per heavy atom. The first-order chi connectivity index (χ1) is 12.5. The van der Waals surface area contributed by atoms with Gasteiger partial charge in [-0.15, -0.1) is 0 Å². The maximum Gasteiger partial charge on any atom is 0.269 e. The molecular formula is C17H15N5O3S. The van der Waals surface area contributed by atoms with E-state index in [-0.39, 0.29) is 17.2 Å². The Morgan fingerprint density at radius 3 is 2.73 bits per heavy atom. The van der Waals surface area contributed by atoms with Gasteiger partial charge in [-0.25, -0.2) is 22.4 Å². The molecule has 0 bridgehead atoms. The van der Waals surface area contributed by atoms with Gasteiger partial charge in [0.2, 0.25) is 5.91 Å². The Hall–Kier alpha value is -3.20. The normalized spacial score (nSPS) is 11.9. The summed E-state index contributed by atoms with van der Waals surface area (Å²) in [5.41, 5.74) is 1.52. The number of pyridine rings is 1. The number of fused-ring (bicyclic) bond motifs is 3. The number of hydrogen-bond donors (Lipinski definition) is 2. The van der Waals surface area contributed by atoms with Gasteiger partial charge >= 0.3 is 0 Å². The first-order valence-corrected chi connectivity index (χ1v) is 9.30. The molecule has 0 saturated carbocycles. The van der Waals surface area contributed by atoms with Crippen LogP contribution in [0.4, 0.5) is 0 Å². The van der Waals surface area contributed by atoms with E-state index in [9.17, 15) is 13.2 Å². The average molecular weight is 369 g/mol. The summed E-state index contributed by atoms with van der Waals surface area (Å²) in [6, 6.07) is 9.83. The van der Waals surface area contributed by atoms with Gasteiger partial charge < -0.3 is 10.3 Å². The fraction of sp³-hybridized carbons (Fsp3) is 0.118. The number of aromatic nitrogens is 4. The van der Waals surface area contributed by atoms with Crippen molar-refractivity contribution in [1.82, 2.24) is 24.2 Å². The molecule has 0 unspecified atom stereocenters. The predicted molar refractivity (Wildman–Crippen MR) is 96.2 cm³/mol. The third-order valence-corrected chi connectivity index (χ3v) is 5.77. The molecule has 26 heavy (non-hydrogen) atoms. The van der Waals surface area contributed by atoms with Crippen LogP contribution < -0.4 is 5.32 Å². The van der Waals surface area contributed by atoms with Gasteiger partial charge in [0.25, 0.3) is 10.0 Å². The number of rotatable bonds is 4. The first kappa shape index (κ1) is 16.3. The highest BCUT2D eigenvalue weighted by atomic mass is 32.2. The lowest BCUT2D eigenvalue weighted by Crippen LogP contribution is -2.20. The number of H-pyrrole nitrogens is 1. The molecule has 0 radical (unpaired) electrons. The molecule has 0 aliphatic carbocycles. The number of nitrogens with one attached hydrogen (secondary N) is 2. The van der Waals surface area contributed by atoms with Gasteiger partial charge in [-0.1, -0.05) is 18.2 Å². The van der Waals surface area contributed by atoms with Gasteiger partial charge in [0.05, 0.1) is 23.0 Å². The van der Waals surface area contributed by atoms with E-state index in [2.05, 4.69) is 20.3 Å². The van der Waals surface area contributed by atoms with Crippen molar-refractivity contribution in [3.63, 3.8) is 0 Å². The molecule has 3 aromatic heterocycles. The highest BCUT2D eigenvalue weighted by molar-refractivity contribution is 7.90. The zero-order valence-corrected chi connectivity index (χ0v) is 14.6. The highest BCUT2D eigenvalue weighted by Gasteiger charge is 2.21. The van der Waals surface area contributed by atoms with E-state index in [0.717, 1.165) is 3.97 Å². The molecule has 0 aliphatic rings. The molecule has 1 amide bonds. The molecule has 0 atom stereocenters. The second-order valence-electron chi connectivity index (χ2n) is 5.72. The van der Waals surface area contributed by atoms with Crippen LogP contribution in [0.5, 0.6) is 0 Å². The minimum absolute atomic E-state index is 0.107. The molecule has 0 spiro atoms. The molecule has 3 heterocycles. The van der Waals surface area contributed by atoms with Crippen molar-refractivity contribution < 1.29 is 13.2 Å². The van der Waals surface area contributed by atoms with Gasteiger partial charge in [0, 0.05) is 18.6 Å². The summed E-state index contributed by atoms with van der Waals surface area (Å²) < 4.78 is 26.9. The van der Waals surface area contributed by atoms with Crippen LogP contribution in [-0.2, 0) is 21.2 Å². The minimum Gasteiger partial charge on any atom is -0.359 e. The van der Waals surface area contributed by atoms with Crippen LogP contribution in [0, 0.1) is 0 Å². The fourth-order valence-corrected chi connectivity index (χ4v) is 4.13. The summed E-state index contributed by atoms with van der Waals surface area (Å²) in [5.74, 6) is 0.324. The quantitative estimate of drug-likeness (QED) is 0.566. The lowest BCUT2D eigenvalue weighted by Gasteiger charge is -2.06. The number of likely N-dealkylation sites (N-methyl/N-ethyl adjacent to an activating group) is 1. The molecule has 0 saturated heterocycles. The van der Waals surface area contributed by atoms with Gasteiger partial charge in [-0.3, -0.25) is 4.79 Å². The molecule has 0 fully saturated rings. The van der Waals surface area contributed by atoms with E-state index >= 15 is 0 Å². The standard InChI is InChI=1S/C17H15N5O3S/c1-18-15(23)9-14-20-13-10-19-17-12(16(13)21-14)7-8-22(17)26(24,25)11-5-3-2-4-6-11/h2-8,10H,9H2,1H3,(H,18,23)(H,20,21). The highest BCUT2D eigenvalue weighted by Crippen LogP contribution is 2.26. The van der Waals surface area contributed by atoms with Crippen molar-refractivity contribution in [3.8, 4) is 0 Å². The van der Waals surface area contributed by atoms with E-state index in [1.54, 1.807) is 31.3 Å². The fourth-order valence-electron chi connectivity index (χ4n) is 2.80. The number of nitrogens with zero attached hydrogens (tertiary/aromatic N) is 3. The Labute approximate surface area is 148 Å². The molecule has 2 N–H and O–H groups in total. The Balaban J connectivity index is 1.87. The van der Waals surface area contributed by atoms with Gasteiger partial charge in [-0.05, 0) is 18.2 Å². The van der Waals surface area contributed by atoms with Crippen LogP contribution in [-0.4, -0.2) is 40.3 Å².